The molecule has 0 saturated carbocycles. The van der Waals surface area contributed by atoms with Crippen molar-refractivity contribution in [3.05, 3.63) is 48.6 Å². The van der Waals surface area contributed by atoms with Crippen LogP contribution in [0.4, 0.5) is 0 Å². The summed E-state index contributed by atoms with van der Waals surface area (Å²) in [4.78, 5) is 0. The summed E-state index contributed by atoms with van der Waals surface area (Å²) in [6.07, 6.45) is 6.09. The highest BCUT2D eigenvalue weighted by atomic mass is 35.6. The van der Waals surface area contributed by atoms with Gasteiger partial charge in [0.15, 0.2) is 6.10 Å². The molecule has 0 bridgehead atoms. The second-order valence-electron chi connectivity index (χ2n) is 4.39. The number of hydrogen-bond acceptors (Lipinski definition) is 3. The van der Waals surface area contributed by atoms with Crippen molar-refractivity contribution in [3.63, 3.8) is 0 Å². The lowest BCUT2D eigenvalue weighted by Gasteiger charge is -2.25. The molecule has 1 N–H and O–H groups in total. The van der Waals surface area contributed by atoms with Gasteiger partial charge in [0, 0.05) is 6.42 Å². The summed E-state index contributed by atoms with van der Waals surface area (Å²) in [5.41, 5.74) is 0.969. The van der Waals surface area contributed by atoms with Crippen LogP contribution in [0.25, 0.3) is 0 Å². The Bertz CT molecular complexity index is 535. The van der Waals surface area contributed by atoms with Crippen molar-refractivity contribution in [2.24, 2.45) is 0 Å². The van der Waals surface area contributed by atoms with E-state index < -0.39 is 21.9 Å². The van der Waals surface area contributed by atoms with Crippen LogP contribution < -0.4 is 0 Å². The van der Waals surface area contributed by atoms with Crippen LogP contribution in [0.5, 0.6) is 0 Å². The van der Waals surface area contributed by atoms with Gasteiger partial charge in [-0.15, -0.1) is 13.0 Å². The topological polar surface area (TPSA) is 42.3 Å². The first kappa shape index (κ1) is 18.9. The summed E-state index contributed by atoms with van der Waals surface area (Å²) in [6, 6.07) is 9.55. The first-order valence-electron chi connectivity index (χ1n) is 6.43. The lowest BCUT2D eigenvalue weighted by Crippen LogP contribution is -2.35. The normalized spacial score (nSPS) is 13.7. The van der Waals surface area contributed by atoms with Crippen molar-refractivity contribution in [3.8, 4) is 12.3 Å². The molecule has 0 heterocycles. The number of rotatable bonds is 7. The summed E-state index contributed by atoms with van der Waals surface area (Å²) in [6.45, 7) is 3.94. The van der Waals surface area contributed by atoms with E-state index in [1.165, 1.54) is 0 Å². The highest BCUT2D eigenvalue weighted by molar-refractivity contribution is 6.76. The summed E-state index contributed by atoms with van der Waals surface area (Å²) >= 11 is 16.8. The Labute approximate surface area is 145 Å². The zero-order valence-electron chi connectivity index (χ0n) is 11.8. The molecule has 0 aromatic heterocycles. The van der Waals surface area contributed by atoms with E-state index in [9.17, 15) is 0 Å². The average Bonchev–Trinajstić information content (AvgIpc) is 2.48. The molecule has 118 valence electrons. The molecule has 1 aromatic rings. The maximum Gasteiger partial charge on any atom is 0.265 e. The van der Waals surface area contributed by atoms with Gasteiger partial charge >= 0.3 is 0 Å². The smallest absolute Gasteiger partial charge is 0.265 e. The van der Waals surface area contributed by atoms with Gasteiger partial charge in [-0.25, -0.2) is 0 Å². The van der Waals surface area contributed by atoms with Gasteiger partial charge in [-0.05, 0) is 5.56 Å². The Balaban J connectivity index is 2.72. The molecule has 0 fully saturated rings. The Hall–Kier alpha value is -1.18. The summed E-state index contributed by atoms with van der Waals surface area (Å²) in [5, 5.41) is 7.64. The van der Waals surface area contributed by atoms with E-state index in [0.29, 0.717) is 13.0 Å². The predicted molar refractivity (Wildman–Crippen MR) is 91.6 cm³/mol. The van der Waals surface area contributed by atoms with Crippen LogP contribution in [-0.4, -0.2) is 21.9 Å². The number of halogens is 3. The zero-order valence-corrected chi connectivity index (χ0v) is 14.0. The first-order valence-corrected chi connectivity index (χ1v) is 7.56. The van der Waals surface area contributed by atoms with Crippen LogP contribution in [0.2, 0.25) is 0 Å². The standard InChI is InChI=1S/C16H16Cl3NO2/c1-3-8-14(22-15(20)16(17,18)19)13(4-2)21-11-12-9-6-5-7-10-12/h2-3,5-7,9-10,13-14,20H,1,8,11H2/t13-,14-/m1/s1. The highest BCUT2D eigenvalue weighted by Crippen LogP contribution is 2.29. The molecule has 0 aliphatic rings. The van der Waals surface area contributed by atoms with Crippen molar-refractivity contribution in [2.75, 3.05) is 0 Å². The molecule has 0 amide bonds. The first-order chi connectivity index (χ1) is 10.4. The van der Waals surface area contributed by atoms with Crippen LogP contribution in [0, 0.1) is 17.8 Å². The third-order valence-electron chi connectivity index (χ3n) is 2.70. The Morgan fingerprint density at radius 3 is 2.50 bits per heavy atom. The third-order valence-corrected chi connectivity index (χ3v) is 3.21. The molecule has 0 aliphatic heterocycles. The van der Waals surface area contributed by atoms with Gasteiger partial charge < -0.3 is 9.47 Å². The minimum Gasteiger partial charge on any atom is -0.471 e. The monoisotopic (exact) mass is 359 g/mol. The van der Waals surface area contributed by atoms with Gasteiger partial charge in [-0.3, -0.25) is 5.41 Å². The molecule has 1 rings (SSSR count). The quantitative estimate of drug-likeness (QED) is 0.255. The molecule has 0 unspecified atom stereocenters. The maximum absolute atomic E-state index is 7.64. The minimum atomic E-state index is -1.95. The lowest BCUT2D eigenvalue weighted by atomic mass is 10.1. The molecular weight excluding hydrogens is 345 g/mol. The third kappa shape index (κ3) is 6.29. The fraction of sp³-hybridized carbons (Fsp3) is 0.312. The Morgan fingerprint density at radius 2 is 2.00 bits per heavy atom. The number of hydrogen-bond donors (Lipinski definition) is 1. The van der Waals surface area contributed by atoms with Crippen LogP contribution >= 0.6 is 34.8 Å². The van der Waals surface area contributed by atoms with Gasteiger partial charge in [0.1, 0.15) is 6.10 Å². The molecular formula is C16H16Cl3NO2. The van der Waals surface area contributed by atoms with Crippen molar-refractivity contribution in [1.82, 2.24) is 0 Å². The van der Waals surface area contributed by atoms with Gasteiger partial charge in [-0.2, -0.15) is 0 Å². The molecule has 0 spiro atoms. The van der Waals surface area contributed by atoms with Crippen molar-refractivity contribution in [2.45, 2.75) is 29.0 Å². The Morgan fingerprint density at radius 1 is 1.36 bits per heavy atom. The van der Waals surface area contributed by atoms with Crippen LogP contribution in [-0.2, 0) is 16.1 Å². The van der Waals surface area contributed by atoms with E-state index in [4.69, 9.17) is 56.1 Å². The molecule has 3 nitrogen and oxygen atoms in total. The van der Waals surface area contributed by atoms with E-state index >= 15 is 0 Å². The summed E-state index contributed by atoms with van der Waals surface area (Å²) in [5.74, 6) is 1.99. The van der Waals surface area contributed by atoms with Gasteiger partial charge in [0.05, 0.1) is 6.61 Å². The number of alkyl halides is 3. The van der Waals surface area contributed by atoms with Gasteiger partial charge in [0.25, 0.3) is 3.79 Å². The predicted octanol–water partition coefficient (Wildman–Crippen LogP) is 4.51. The van der Waals surface area contributed by atoms with Gasteiger partial charge in [0.2, 0.25) is 5.90 Å². The second-order valence-corrected chi connectivity index (χ2v) is 6.67. The summed E-state index contributed by atoms with van der Waals surface area (Å²) in [7, 11) is 0. The molecule has 6 heteroatoms. The second kappa shape index (κ2) is 9.07. The van der Waals surface area contributed by atoms with Crippen molar-refractivity contribution < 1.29 is 9.47 Å². The summed E-state index contributed by atoms with van der Waals surface area (Å²) < 4.78 is 9.07. The lowest BCUT2D eigenvalue weighted by molar-refractivity contribution is -0.00615. The molecule has 1 aromatic carbocycles. The largest absolute Gasteiger partial charge is 0.471 e. The average molecular weight is 361 g/mol. The van der Waals surface area contributed by atoms with E-state index in [1.54, 1.807) is 6.08 Å². The zero-order chi connectivity index (χ0) is 16.6. The number of nitrogens with one attached hydrogen (secondary N) is 1. The fourth-order valence-corrected chi connectivity index (χ4v) is 1.77. The molecule has 0 radical (unpaired) electrons. The van der Waals surface area contributed by atoms with Gasteiger partial charge in [-0.1, -0.05) is 77.1 Å². The van der Waals surface area contributed by atoms with E-state index in [0.717, 1.165) is 5.56 Å². The SMILES string of the molecule is C#C[C@@H](OCc1ccccc1)[C@@H](CC=C)OC(=N)C(Cl)(Cl)Cl. The Kier molecular flexibility index (Phi) is 7.78. The maximum atomic E-state index is 7.64. The molecule has 22 heavy (non-hydrogen) atoms. The molecule has 0 aliphatic carbocycles. The van der Waals surface area contributed by atoms with Crippen LogP contribution in [0.1, 0.15) is 12.0 Å². The number of ether oxygens (including phenoxy) is 2. The number of benzene rings is 1. The van der Waals surface area contributed by atoms with E-state index in [2.05, 4.69) is 12.5 Å². The molecule has 2 atom stereocenters. The van der Waals surface area contributed by atoms with Crippen LogP contribution in [0.3, 0.4) is 0 Å². The van der Waals surface area contributed by atoms with Crippen LogP contribution in [0.15, 0.2) is 43.0 Å². The van der Waals surface area contributed by atoms with Crippen molar-refractivity contribution >= 4 is 40.7 Å². The fourth-order valence-electron chi connectivity index (χ4n) is 1.64. The van der Waals surface area contributed by atoms with E-state index in [-0.39, 0.29) is 0 Å². The highest BCUT2D eigenvalue weighted by Gasteiger charge is 2.33. The molecule has 0 saturated heterocycles. The minimum absolute atomic E-state index is 0.313. The van der Waals surface area contributed by atoms with E-state index in [1.807, 2.05) is 30.3 Å². The van der Waals surface area contributed by atoms with Crippen molar-refractivity contribution in [1.29, 1.82) is 5.41 Å². The number of terminal acetylenes is 1.